The van der Waals surface area contributed by atoms with Gasteiger partial charge in [-0.15, -0.1) is 0 Å². The van der Waals surface area contributed by atoms with Crippen LogP contribution in [0, 0.1) is 0 Å². The number of carboxylic acid groups (broad SMARTS) is 1. The molecule has 0 amide bonds. The third-order valence-corrected chi connectivity index (χ3v) is 3.45. The molecule has 0 bridgehead atoms. The van der Waals surface area contributed by atoms with E-state index in [1.165, 1.54) is 0 Å². The molecule has 20 heavy (non-hydrogen) atoms. The van der Waals surface area contributed by atoms with Gasteiger partial charge in [-0.1, -0.05) is 34.8 Å². The lowest BCUT2D eigenvalue weighted by Gasteiger charge is -2.08. The first-order chi connectivity index (χ1) is 9.29. The summed E-state index contributed by atoms with van der Waals surface area (Å²) in [5.74, 6) is -0.988. The average molecular weight is 353 g/mol. The molecule has 0 atom stereocenters. The molecule has 1 N–H and O–H groups in total. The summed E-state index contributed by atoms with van der Waals surface area (Å²) in [6.07, 6.45) is -2.24. The topological polar surface area (TPSA) is 37.3 Å². The number of benzene rings is 1. The van der Waals surface area contributed by atoms with Gasteiger partial charge in [0.25, 0.3) is 0 Å². The second-order valence-corrected chi connectivity index (χ2v) is 5.55. The Morgan fingerprint density at radius 3 is 2.40 bits per heavy atom. The highest BCUT2D eigenvalue weighted by Crippen LogP contribution is 2.23. The minimum absolute atomic E-state index is 0.135. The summed E-state index contributed by atoms with van der Waals surface area (Å²) < 4.78 is 36.5. The Hall–Kier alpha value is -1.04. The number of carboxylic acids is 1. The Kier molecular flexibility index (Phi) is 6.52. The molecule has 0 aliphatic rings. The highest BCUT2D eigenvalue weighted by molar-refractivity contribution is 9.10. The lowest BCUT2D eigenvalue weighted by atomic mass is 10.0. The summed E-state index contributed by atoms with van der Waals surface area (Å²) in [6, 6.07) is 5.05. The number of aryl methyl sites for hydroxylation is 1. The van der Waals surface area contributed by atoms with Gasteiger partial charge in [0.15, 0.2) is 0 Å². The first-order valence-electron chi connectivity index (χ1n) is 6.38. The number of hydrogen-bond acceptors (Lipinski definition) is 1. The zero-order valence-electron chi connectivity index (χ0n) is 10.8. The predicted molar refractivity (Wildman–Crippen MR) is 73.9 cm³/mol. The number of alkyl halides is 3. The minimum atomic E-state index is -4.08. The monoisotopic (exact) mass is 352 g/mol. The van der Waals surface area contributed by atoms with Gasteiger partial charge in [-0.05, 0) is 37.0 Å². The molecule has 0 aliphatic heterocycles. The van der Waals surface area contributed by atoms with Crippen LogP contribution in [0.2, 0.25) is 0 Å². The maximum atomic E-state index is 11.9. The Balaban J connectivity index is 2.37. The molecule has 0 radical (unpaired) electrons. The van der Waals surface area contributed by atoms with Crippen LogP contribution in [0.4, 0.5) is 13.2 Å². The molecule has 112 valence electrons. The molecule has 0 spiro atoms. The fourth-order valence-electron chi connectivity index (χ4n) is 1.96. The van der Waals surface area contributed by atoms with Gasteiger partial charge in [-0.25, -0.2) is 4.79 Å². The van der Waals surface area contributed by atoms with Crippen LogP contribution in [0.25, 0.3) is 0 Å². The Morgan fingerprint density at radius 2 is 1.80 bits per heavy atom. The van der Waals surface area contributed by atoms with Gasteiger partial charge in [0.2, 0.25) is 0 Å². The van der Waals surface area contributed by atoms with Crippen molar-refractivity contribution in [3.8, 4) is 0 Å². The molecule has 0 heterocycles. The standard InChI is InChI=1S/C14H16BrF3O2/c15-11-7-6-10(12(9-11)13(19)20)5-3-1-2-4-8-14(16,17)18/h6-7,9H,1-5,8H2,(H,19,20). The summed E-state index contributed by atoms with van der Waals surface area (Å²) in [5.41, 5.74) is 0.964. The van der Waals surface area contributed by atoms with Crippen LogP contribution in [-0.2, 0) is 6.42 Å². The van der Waals surface area contributed by atoms with Gasteiger partial charge in [0, 0.05) is 10.9 Å². The smallest absolute Gasteiger partial charge is 0.389 e. The van der Waals surface area contributed by atoms with Crippen molar-refractivity contribution in [1.82, 2.24) is 0 Å². The first kappa shape index (κ1) is 17.0. The van der Waals surface area contributed by atoms with E-state index < -0.39 is 18.6 Å². The maximum Gasteiger partial charge on any atom is 0.389 e. The summed E-state index contributed by atoms with van der Waals surface area (Å²) in [7, 11) is 0. The second kappa shape index (κ2) is 7.67. The van der Waals surface area contributed by atoms with E-state index in [1.807, 2.05) is 0 Å². The van der Waals surface area contributed by atoms with Gasteiger partial charge in [-0.3, -0.25) is 0 Å². The number of aromatic carboxylic acids is 1. The Morgan fingerprint density at radius 1 is 1.15 bits per heavy atom. The number of rotatable bonds is 7. The predicted octanol–water partition coefficient (Wildman–Crippen LogP) is 5.20. The molecule has 1 aromatic rings. The van der Waals surface area contributed by atoms with Crippen LogP contribution in [0.5, 0.6) is 0 Å². The molecule has 0 unspecified atom stereocenters. The van der Waals surface area contributed by atoms with E-state index in [2.05, 4.69) is 15.9 Å². The lowest BCUT2D eigenvalue weighted by Crippen LogP contribution is -2.06. The van der Waals surface area contributed by atoms with E-state index >= 15 is 0 Å². The van der Waals surface area contributed by atoms with Gasteiger partial charge in [-0.2, -0.15) is 13.2 Å². The minimum Gasteiger partial charge on any atom is -0.478 e. The number of halogens is 4. The highest BCUT2D eigenvalue weighted by atomic mass is 79.9. The van der Waals surface area contributed by atoms with Gasteiger partial charge in [0.05, 0.1) is 5.56 Å². The molecule has 0 aliphatic carbocycles. The first-order valence-corrected chi connectivity index (χ1v) is 7.17. The third kappa shape index (κ3) is 6.41. The Labute approximate surface area is 124 Å². The van der Waals surface area contributed by atoms with Crippen LogP contribution >= 0.6 is 15.9 Å². The maximum absolute atomic E-state index is 11.9. The molecular formula is C14H16BrF3O2. The van der Waals surface area contributed by atoms with Crippen molar-refractivity contribution in [2.24, 2.45) is 0 Å². The number of carbonyl (C=O) groups is 1. The summed E-state index contributed by atoms with van der Waals surface area (Å²) in [5, 5.41) is 9.07. The summed E-state index contributed by atoms with van der Waals surface area (Å²) in [6.45, 7) is 0. The largest absolute Gasteiger partial charge is 0.478 e. The van der Waals surface area contributed by atoms with Crippen LogP contribution in [0.15, 0.2) is 22.7 Å². The van der Waals surface area contributed by atoms with E-state index in [-0.39, 0.29) is 12.0 Å². The van der Waals surface area contributed by atoms with Crippen LogP contribution in [0.3, 0.4) is 0 Å². The van der Waals surface area contributed by atoms with Crippen molar-refractivity contribution in [3.63, 3.8) is 0 Å². The van der Waals surface area contributed by atoms with E-state index in [0.29, 0.717) is 30.2 Å². The fraction of sp³-hybridized carbons (Fsp3) is 0.500. The van der Waals surface area contributed by atoms with Crippen molar-refractivity contribution in [2.45, 2.75) is 44.7 Å². The van der Waals surface area contributed by atoms with E-state index in [9.17, 15) is 18.0 Å². The van der Waals surface area contributed by atoms with Crippen molar-refractivity contribution in [3.05, 3.63) is 33.8 Å². The van der Waals surface area contributed by atoms with Crippen LogP contribution in [-0.4, -0.2) is 17.3 Å². The molecule has 0 fully saturated rings. The normalized spacial score (nSPS) is 11.6. The van der Waals surface area contributed by atoms with Crippen molar-refractivity contribution >= 4 is 21.9 Å². The zero-order valence-corrected chi connectivity index (χ0v) is 12.4. The lowest BCUT2D eigenvalue weighted by molar-refractivity contribution is -0.135. The molecule has 0 saturated carbocycles. The van der Waals surface area contributed by atoms with E-state index in [0.717, 1.165) is 5.56 Å². The number of unbranched alkanes of at least 4 members (excludes halogenated alkanes) is 3. The van der Waals surface area contributed by atoms with Gasteiger partial charge in [0.1, 0.15) is 0 Å². The fourth-order valence-corrected chi connectivity index (χ4v) is 2.32. The molecule has 6 heteroatoms. The van der Waals surface area contributed by atoms with Crippen LogP contribution < -0.4 is 0 Å². The molecular weight excluding hydrogens is 337 g/mol. The average Bonchev–Trinajstić information content (AvgIpc) is 2.33. The van der Waals surface area contributed by atoms with Gasteiger partial charge >= 0.3 is 12.1 Å². The molecule has 1 rings (SSSR count). The SMILES string of the molecule is O=C(O)c1cc(Br)ccc1CCCCCCC(F)(F)F. The zero-order chi connectivity index (χ0) is 15.2. The molecule has 1 aromatic carbocycles. The summed E-state index contributed by atoms with van der Waals surface area (Å²) in [4.78, 5) is 11.1. The second-order valence-electron chi connectivity index (χ2n) is 4.64. The number of hydrogen-bond donors (Lipinski definition) is 1. The van der Waals surface area contributed by atoms with E-state index in [1.54, 1.807) is 18.2 Å². The molecule has 2 nitrogen and oxygen atoms in total. The summed E-state index contributed by atoms with van der Waals surface area (Å²) >= 11 is 3.22. The molecule has 0 saturated heterocycles. The van der Waals surface area contributed by atoms with Crippen LogP contribution in [0.1, 0.15) is 48.0 Å². The van der Waals surface area contributed by atoms with Crippen molar-refractivity contribution < 1.29 is 23.1 Å². The highest BCUT2D eigenvalue weighted by Gasteiger charge is 2.25. The molecule has 0 aromatic heterocycles. The quantitative estimate of drug-likeness (QED) is 0.684. The van der Waals surface area contributed by atoms with Crippen molar-refractivity contribution in [2.75, 3.05) is 0 Å². The van der Waals surface area contributed by atoms with Crippen molar-refractivity contribution in [1.29, 1.82) is 0 Å². The van der Waals surface area contributed by atoms with E-state index in [4.69, 9.17) is 5.11 Å². The van der Waals surface area contributed by atoms with Gasteiger partial charge < -0.3 is 5.11 Å². The Bertz CT molecular complexity index is 458. The third-order valence-electron chi connectivity index (χ3n) is 2.96.